The number of rotatable bonds is 6. The van der Waals surface area contributed by atoms with E-state index in [-0.39, 0.29) is 17.5 Å². The van der Waals surface area contributed by atoms with Crippen LogP contribution in [0.1, 0.15) is 97.8 Å². The van der Waals surface area contributed by atoms with Gasteiger partial charge in [-0.05, 0) is 119 Å². The minimum Gasteiger partial charge on any atom is -0.461 e. The van der Waals surface area contributed by atoms with E-state index in [1.54, 1.807) is 0 Å². The van der Waals surface area contributed by atoms with Crippen LogP contribution in [0, 0.1) is 34.5 Å². The minimum atomic E-state index is -0.512. The van der Waals surface area contributed by atoms with Gasteiger partial charge in [0.1, 0.15) is 12.1 Å². The Labute approximate surface area is 189 Å². The van der Waals surface area contributed by atoms with E-state index in [1.165, 1.54) is 25.7 Å². The fourth-order valence-corrected chi connectivity index (χ4v) is 8.45. The van der Waals surface area contributed by atoms with Crippen molar-refractivity contribution in [1.29, 1.82) is 0 Å². The molecule has 0 radical (unpaired) electrons. The van der Waals surface area contributed by atoms with Gasteiger partial charge in [-0.2, -0.15) is 0 Å². The first-order chi connectivity index (χ1) is 14.6. The monoisotopic (exact) mass is 434 g/mol. The lowest BCUT2D eigenvalue weighted by atomic mass is 9.44. The molecule has 0 amide bonds. The molecule has 5 N–H and O–H groups in total. The zero-order chi connectivity index (χ0) is 22.4. The molecule has 0 bridgehead atoms. The van der Waals surface area contributed by atoms with E-state index in [1.807, 2.05) is 0 Å². The number of hydrogen-bond donors (Lipinski definition) is 3. The second kappa shape index (κ2) is 8.61. The molecule has 178 valence electrons. The standard InChI is InChI=1S/C26H46N2O3/c1-24-12-9-18(31-23(29)22(28)6-4-5-15-27)16-17(24)7-8-19-20(24)10-13-25(2)21(19)11-14-26(25,3)30/h17-22,30H,4-16,27-28H2,1-3H3/t17-,18-,19?,20?,21?,22-,24-,25-,26-/m0/s1. The fraction of sp³-hybridized carbons (Fsp3) is 0.962. The van der Waals surface area contributed by atoms with Crippen molar-refractivity contribution in [3.05, 3.63) is 0 Å². The first kappa shape index (κ1) is 23.5. The van der Waals surface area contributed by atoms with Crippen LogP contribution in [-0.2, 0) is 9.53 Å². The van der Waals surface area contributed by atoms with Crippen LogP contribution in [0.4, 0.5) is 0 Å². The van der Waals surface area contributed by atoms with Gasteiger partial charge < -0.3 is 21.3 Å². The van der Waals surface area contributed by atoms with E-state index in [9.17, 15) is 9.90 Å². The number of nitrogens with two attached hydrogens (primary N) is 2. The molecule has 4 aliphatic rings. The lowest BCUT2D eigenvalue weighted by Crippen LogP contribution is -2.56. The van der Waals surface area contributed by atoms with Gasteiger partial charge in [0.25, 0.3) is 0 Å². The summed E-state index contributed by atoms with van der Waals surface area (Å²) in [7, 11) is 0. The Balaban J connectivity index is 1.38. The number of ether oxygens (including phenoxy) is 1. The van der Waals surface area contributed by atoms with E-state index >= 15 is 0 Å². The van der Waals surface area contributed by atoms with Gasteiger partial charge >= 0.3 is 5.97 Å². The van der Waals surface area contributed by atoms with Gasteiger partial charge in [-0.15, -0.1) is 0 Å². The molecule has 9 atom stereocenters. The van der Waals surface area contributed by atoms with Gasteiger partial charge in [-0.3, -0.25) is 4.79 Å². The zero-order valence-electron chi connectivity index (χ0n) is 20.1. The van der Waals surface area contributed by atoms with Crippen molar-refractivity contribution in [3.63, 3.8) is 0 Å². The van der Waals surface area contributed by atoms with Crippen LogP contribution in [0.2, 0.25) is 0 Å². The Morgan fingerprint density at radius 3 is 2.52 bits per heavy atom. The number of fused-ring (bicyclic) bond motifs is 5. The van der Waals surface area contributed by atoms with Crippen molar-refractivity contribution in [2.45, 2.75) is 116 Å². The zero-order valence-corrected chi connectivity index (χ0v) is 20.1. The highest BCUT2D eigenvalue weighted by atomic mass is 16.5. The summed E-state index contributed by atoms with van der Waals surface area (Å²) in [6.45, 7) is 7.62. The van der Waals surface area contributed by atoms with Gasteiger partial charge in [0, 0.05) is 0 Å². The SMILES string of the molecule is C[C@]1(O)CCC2C3CC[C@H]4C[C@@H](OC(=O)[C@@H](N)CCCCN)CC[C@]4(C)C3CC[C@@]21C. The van der Waals surface area contributed by atoms with E-state index in [0.29, 0.717) is 30.2 Å². The molecule has 3 unspecified atom stereocenters. The summed E-state index contributed by atoms with van der Waals surface area (Å²) in [5, 5.41) is 11.1. The Kier molecular flexibility index (Phi) is 6.53. The maximum atomic E-state index is 12.5. The maximum absolute atomic E-state index is 12.5. The number of carbonyl (C=O) groups is 1. The molecule has 0 spiro atoms. The van der Waals surface area contributed by atoms with E-state index in [0.717, 1.165) is 56.8 Å². The van der Waals surface area contributed by atoms with Crippen LogP contribution in [0.15, 0.2) is 0 Å². The molecule has 31 heavy (non-hydrogen) atoms. The smallest absolute Gasteiger partial charge is 0.323 e. The van der Waals surface area contributed by atoms with Gasteiger partial charge in [0.2, 0.25) is 0 Å². The Morgan fingerprint density at radius 1 is 1.03 bits per heavy atom. The van der Waals surface area contributed by atoms with E-state index in [4.69, 9.17) is 16.2 Å². The molecule has 5 heteroatoms. The Hall–Kier alpha value is -0.650. The number of carbonyl (C=O) groups excluding carboxylic acids is 1. The summed E-state index contributed by atoms with van der Waals surface area (Å²) in [5.74, 6) is 2.60. The second-order valence-electron chi connectivity index (χ2n) is 12.1. The molecule has 0 aromatic carbocycles. The molecule has 5 nitrogen and oxygen atoms in total. The van der Waals surface area contributed by atoms with Crippen molar-refractivity contribution in [1.82, 2.24) is 0 Å². The highest BCUT2D eigenvalue weighted by molar-refractivity contribution is 5.75. The van der Waals surface area contributed by atoms with Crippen molar-refractivity contribution in [2.75, 3.05) is 6.54 Å². The molecule has 4 saturated carbocycles. The van der Waals surface area contributed by atoms with Gasteiger partial charge in [-0.1, -0.05) is 20.3 Å². The topological polar surface area (TPSA) is 98.6 Å². The largest absolute Gasteiger partial charge is 0.461 e. The molecule has 0 aliphatic heterocycles. The predicted molar refractivity (Wildman–Crippen MR) is 123 cm³/mol. The van der Waals surface area contributed by atoms with Crippen LogP contribution in [-0.4, -0.2) is 35.4 Å². The molecule has 0 heterocycles. The molecule has 0 aromatic rings. The average Bonchev–Trinajstić information content (AvgIpc) is 2.97. The second-order valence-corrected chi connectivity index (χ2v) is 12.1. The van der Waals surface area contributed by atoms with Crippen molar-refractivity contribution < 1.29 is 14.6 Å². The first-order valence-electron chi connectivity index (χ1n) is 13.0. The highest BCUT2D eigenvalue weighted by Gasteiger charge is 2.63. The molecule has 4 aliphatic carbocycles. The minimum absolute atomic E-state index is 0.0313. The third-order valence-electron chi connectivity index (χ3n) is 10.7. The number of esters is 1. The van der Waals surface area contributed by atoms with E-state index < -0.39 is 11.6 Å². The predicted octanol–water partition coefficient (Wildman–Crippen LogP) is 4.15. The van der Waals surface area contributed by atoms with Gasteiger partial charge in [0.15, 0.2) is 0 Å². The summed E-state index contributed by atoms with van der Waals surface area (Å²) in [5.41, 5.74) is 11.5. The molecular formula is C26H46N2O3. The fourth-order valence-electron chi connectivity index (χ4n) is 8.45. The lowest BCUT2D eigenvalue weighted by molar-refractivity contribution is -0.169. The van der Waals surface area contributed by atoms with Gasteiger partial charge in [-0.25, -0.2) is 0 Å². The molecule has 0 saturated heterocycles. The summed E-state index contributed by atoms with van der Waals surface area (Å²) in [4.78, 5) is 12.5. The number of aliphatic hydroxyl groups is 1. The normalized spacial score (nSPS) is 47.7. The summed E-state index contributed by atoms with van der Waals surface area (Å²) in [6.07, 6.45) is 12.7. The van der Waals surface area contributed by atoms with Crippen LogP contribution in [0.25, 0.3) is 0 Å². The summed E-state index contributed by atoms with van der Waals surface area (Å²) >= 11 is 0. The Morgan fingerprint density at radius 2 is 1.77 bits per heavy atom. The third kappa shape index (κ3) is 3.97. The summed E-state index contributed by atoms with van der Waals surface area (Å²) < 4.78 is 5.90. The van der Waals surface area contributed by atoms with Crippen molar-refractivity contribution >= 4 is 5.97 Å². The van der Waals surface area contributed by atoms with Crippen LogP contribution >= 0.6 is 0 Å². The Bertz CT molecular complexity index is 667. The number of unbranched alkanes of at least 4 members (excludes halogenated alkanes) is 1. The van der Waals surface area contributed by atoms with Crippen molar-refractivity contribution in [3.8, 4) is 0 Å². The highest BCUT2D eigenvalue weighted by Crippen LogP contribution is 2.68. The number of hydrogen-bond acceptors (Lipinski definition) is 5. The van der Waals surface area contributed by atoms with Crippen molar-refractivity contribution in [2.24, 2.45) is 46.0 Å². The summed E-state index contributed by atoms with van der Waals surface area (Å²) in [6, 6.07) is -0.512. The quantitative estimate of drug-likeness (QED) is 0.431. The van der Waals surface area contributed by atoms with E-state index in [2.05, 4.69) is 20.8 Å². The maximum Gasteiger partial charge on any atom is 0.323 e. The third-order valence-corrected chi connectivity index (χ3v) is 10.7. The lowest BCUT2D eigenvalue weighted by Gasteiger charge is -2.61. The molecular weight excluding hydrogens is 388 g/mol. The molecule has 4 fully saturated rings. The van der Waals surface area contributed by atoms with Crippen LogP contribution in [0.5, 0.6) is 0 Å². The van der Waals surface area contributed by atoms with Gasteiger partial charge in [0.05, 0.1) is 5.60 Å². The average molecular weight is 435 g/mol. The van der Waals surface area contributed by atoms with Crippen LogP contribution in [0.3, 0.4) is 0 Å². The first-order valence-corrected chi connectivity index (χ1v) is 13.0. The van der Waals surface area contributed by atoms with Crippen LogP contribution < -0.4 is 11.5 Å². The molecule has 4 rings (SSSR count). The molecule has 0 aromatic heterocycles.